The summed E-state index contributed by atoms with van der Waals surface area (Å²) in [6.07, 6.45) is 0. The van der Waals surface area contributed by atoms with Crippen LogP contribution in [0.3, 0.4) is 0 Å². The van der Waals surface area contributed by atoms with Gasteiger partial charge in [0, 0.05) is 6.92 Å². The van der Waals surface area contributed by atoms with Gasteiger partial charge in [0.2, 0.25) is 5.91 Å². The van der Waals surface area contributed by atoms with Crippen molar-refractivity contribution in [2.24, 2.45) is 0 Å². The fourth-order valence-corrected chi connectivity index (χ4v) is 2.38. The fourth-order valence-electron chi connectivity index (χ4n) is 2.38. The molecule has 2 rings (SSSR count). The topological polar surface area (TPSA) is 84.5 Å². The number of nitrogens with one attached hydrogen (secondary N) is 2. The highest BCUT2D eigenvalue weighted by Crippen LogP contribution is 2.20. The molecule has 0 heterocycles. The van der Waals surface area contributed by atoms with Gasteiger partial charge in [-0.2, -0.15) is 0 Å². The largest absolute Gasteiger partial charge is 0.465 e. The van der Waals surface area contributed by atoms with Gasteiger partial charge in [-0.15, -0.1) is 0 Å². The summed E-state index contributed by atoms with van der Waals surface area (Å²) in [4.78, 5) is 35.8. The minimum atomic E-state index is -0.556. The van der Waals surface area contributed by atoms with Gasteiger partial charge in [-0.3, -0.25) is 9.59 Å². The first-order valence-electron chi connectivity index (χ1n) is 7.78. The minimum absolute atomic E-state index is 0.195. The van der Waals surface area contributed by atoms with Gasteiger partial charge < -0.3 is 15.4 Å². The summed E-state index contributed by atoms with van der Waals surface area (Å²) in [5.74, 6) is -1.26. The molecule has 0 fully saturated rings. The number of carbonyl (C=O) groups is 3. The Bertz CT molecular complexity index is 787. The third-order valence-corrected chi connectivity index (χ3v) is 3.64. The van der Waals surface area contributed by atoms with Crippen LogP contribution in [0.1, 0.15) is 46.2 Å². The maximum absolute atomic E-state index is 12.7. The van der Waals surface area contributed by atoms with E-state index in [2.05, 4.69) is 15.4 Å². The molecule has 0 radical (unpaired) electrons. The predicted molar refractivity (Wildman–Crippen MR) is 94.4 cm³/mol. The van der Waals surface area contributed by atoms with Crippen LogP contribution in [-0.2, 0) is 9.53 Å². The number of hydrogen-bond donors (Lipinski definition) is 2. The number of methoxy groups -OCH3 is 1. The lowest BCUT2D eigenvalue weighted by molar-refractivity contribution is -0.114. The molecule has 2 N–H and O–H groups in total. The van der Waals surface area contributed by atoms with Crippen LogP contribution < -0.4 is 10.6 Å². The van der Waals surface area contributed by atoms with Crippen LogP contribution in [-0.4, -0.2) is 24.9 Å². The average Bonchev–Trinajstić information content (AvgIpc) is 2.61. The van der Waals surface area contributed by atoms with Crippen molar-refractivity contribution >= 4 is 23.5 Å². The standard InChI is InChI=1S/C19H20N2O4/c1-12(14-7-5-4-6-8-14)20-18(23)16-11-15(19(24)25-3)9-10-17(16)21-13(2)22/h4-12H,1-3H3,(H,20,23)(H,21,22)/t12-/m1/s1. The van der Waals surface area contributed by atoms with Crippen molar-refractivity contribution in [3.63, 3.8) is 0 Å². The SMILES string of the molecule is COC(=O)c1ccc(NC(C)=O)c(C(=O)N[C@H](C)c2ccccc2)c1. The smallest absolute Gasteiger partial charge is 0.337 e. The maximum Gasteiger partial charge on any atom is 0.337 e. The van der Waals surface area contributed by atoms with E-state index in [9.17, 15) is 14.4 Å². The predicted octanol–water partition coefficient (Wildman–Crippen LogP) is 2.92. The molecular formula is C19H20N2O4. The monoisotopic (exact) mass is 340 g/mol. The summed E-state index contributed by atoms with van der Waals surface area (Å²) in [7, 11) is 1.27. The third kappa shape index (κ3) is 4.67. The number of anilines is 1. The molecule has 0 saturated carbocycles. The Balaban J connectivity index is 2.31. The van der Waals surface area contributed by atoms with Crippen molar-refractivity contribution in [2.45, 2.75) is 19.9 Å². The van der Waals surface area contributed by atoms with Gasteiger partial charge in [-0.05, 0) is 30.7 Å². The molecule has 0 aliphatic rings. The van der Waals surface area contributed by atoms with Crippen molar-refractivity contribution in [1.29, 1.82) is 0 Å². The van der Waals surface area contributed by atoms with E-state index in [1.807, 2.05) is 37.3 Å². The van der Waals surface area contributed by atoms with Crippen molar-refractivity contribution in [2.75, 3.05) is 12.4 Å². The quantitative estimate of drug-likeness (QED) is 0.820. The van der Waals surface area contributed by atoms with Crippen molar-refractivity contribution < 1.29 is 19.1 Å². The molecule has 130 valence electrons. The Morgan fingerprint density at radius 3 is 2.32 bits per heavy atom. The molecule has 25 heavy (non-hydrogen) atoms. The van der Waals surface area contributed by atoms with E-state index in [1.165, 1.54) is 32.2 Å². The van der Waals surface area contributed by atoms with Crippen LogP contribution in [0.15, 0.2) is 48.5 Å². The lowest BCUT2D eigenvalue weighted by atomic mass is 10.1. The number of amides is 2. The van der Waals surface area contributed by atoms with Crippen LogP contribution in [0, 0.1) is 0 Å². The molecule has 0 unspecified atom stereocenters. The molecule has 0 aliphatic carbocycles. The zero-order valence-corrected chi connectivity index (χ0v) is 14.3. The molecular weight excluding hydrogens is 320 g/mol. The molecule has 0 saturated heterocycles. The van der Waals surface area contributed by atoms with Crippen LogP contribution in [0.25, 0.3) is 0 Å². The van der Waals surface area contributed by atoms with Crippen LogP contribution in [0.2, 0.25) is 0 Å². The normalized spacial score (nSPS) is 11.3. The number of ether oxygens (including phenoxy) is 1. The summed E-state index contributed by atoms with van der Waals surface area (Å²) >= 11 is 0. The molecule has 1 atom stereocenters. The van der Waals surface area contributed by atoms with Gasteiger partial charge in [-0.1, -0.05) is 30.3 Å². The number of rotatable bonds is 5. The summed E-state index contributed by atoms with van der Waals surface area (Å²) < 4.78 is 4.68. The summed E-state index contributed by atoms with van der Waals surface area (Å²) in [5, 5.41) is 5.47. The molecule has 6 heteroatoms. The van der Waals surface area contributed by atoms with E-state index in [0.717, 1.165) is 5.56 Å². The number of benzene rings is 2. The lowest BCUT2D eigenvalue weighted by Gasteiger charge is -2.17. The van der Waals surface area contributed by atoms with Gasteiger partial charge in [0.25, 0.3) is 5.91 Å². The molecule has 2 amide bonds. The van der Waals surface area contributed by atoms with Crippen molar-refractivity contribution in [3.05, 3.63) is 65.2 Å². The van der Waals surface area contributed by atoms with Gasteiger partial charge in [-0.25, -0.2) is 4.79 Å². The fraction of sp³-hybridized carbons (Fsp3) is 0.211. The second-order valence-corrected chi connectivity index (χ2v) is 5.54. The summed E-state index contributed by atoms with van der Waals surface area (Å²) in [6, 6.07) is 13.7. The summed E-state index contributed by atoms with van der Waals surface area (Å²) in [5.41, 5.74) is 1.70. The van der Waals surface area contributed by atoms with Gasteiger partial charge in [0.05, 0.1) is 30.0 Å². The molecule has 0 spiro atoms. The Hall–Kier alpha value is -3.15. The zero-order chi connectivity index (χ0) is 18.4. The van der Waals surface area contributed by atoms with E-state index >= 15 is 0 Å². The average molecular weight is 340 g/mol. The van der Waals surface area contributed by atoms with E-state index in [4.69, 9.17) is 0 Å². The van der Waals surface area contributed by atoms with E-state index in [1.54, 1.807) is 0 Å². The van der Waals surface area contributed by atoms with Crippen molar-refractivity contribution in [1.82, 2.24) is 5.32 Å². The molecule has 2 aromatic rings. The first kappa shape index (κ1) is 18.2. The van der Waals surface area contributed by atoms with Gasteiger partial charge in [0.15, 0.2) is 0 Å². The number of carbonyl (C=O) groups excluding carboxylic acids is 3. The Kier molecular flexibility index (Phi) is 5.89. The highest BCUT2D eigenvalue weighted by Gasteiger charge is 2.18. The van der Waals surface area contributed by atoms with Crippen LogP contribution in [0.4, 0.5) is 5.69 Å². The lowest BCUT2D eigenvalue weighted by Crippen LogP contribution is -2.28. The Labute approximate surface area is 146 Å². The Morgan fingerprint density at radius 2 is 1.72 bits per heavy atom. The highest BCUT2D eigenvalue weighted by molar-refractivity contribution is 6.05. The maximum atomic E-state index is 12.7. The zero-order valence-electron chi connectivity index (χ0n) is 14.3. The van der Waals surface area contributed by atoms with E-state index in [-0.39, 0.29) is 23.1 Å². The third-order valence-electron chi connectivity index (χ3n) is 3.64. The highest BCUT2D eigenvalue weighted by atomic mass is 16.5. The minimum Gasteiger partial charge on any atom is -0.465 e. The van der Waals surface area contributed by atoms with E-state index < -0.39 is 11.9 Å². The first-order chi connectivity index (χ1) is 11.9. The first-order valence-corrected chi connectivity index (χ1v) is 7.78. The van der Waals surface area contributed by atoms with E-state index in [0.29, 0.717) is 5.69 Å². The molecule has 0 bridgehead atoms. The molecule has 6 nitrogen and oxygen atoms in total. The Morgan fingerprint density at radius 1 is 1.04 bits per heavy atom. The second kappa shape index (κ2) is 8.10. The number of hydrogen-bond acceptors (Lipinski definition) is 4. The molecule has 0 aliphatic heterocycles. The van der Waals surface area contributed by atoms with Crippen LogP contribution in [0.5, 0.6) is 0 Å². The molecule has 2 aromatic carbocycles. The summed E-state index contributed by atoms with van der Waals surface area (Å²) in [6.45, 7) is 3.21. The molecule has 0 aromatic heterocycles. The van der Waals surface area contributed by atoms with Gasteiger partial charge >= 0.3 is 5.97 Å². The van der Waals surface area contributed by atoms with Crippen LogP contribution >= 0.6 is 0 Å². The number of esters is 1. The second-order valence-electron chi connectivity index (χ2n) is 5.54. The van der Waals surface area contributed by atoms with Gasteiger partial charge in [0.1, 0.15) is 0 Å². The van der Waals surface area contributed by atoms with Crippen molar-refractivity contribution in [3.8, 4) is 0 Å².